The van der Waals surface area contributed by atoms with E-state index in [0.717, 1.165) is 66.1 Å². The summed E-state index contributed by atoms with van der Waals surface area (Å²) in [4.78, 5) is 17.7. The number of amides is 2. The van der Waals surface area contributed by atoms with Crippen molar-refractivity contribution in [2.24, 2.45) is 11.7 Å². The van der Waals surface area contributed by atoms with Crippen LogP contribution in [0.1, 0.15) is 19.3 Å². The summed E-state index contributed by atoms with van der Waals surface area (Å²) in [5.74, 6) is 1.44. The van der Waals surface area contributed by atoms with Crippen LogP contribution in [0.3, 0.4) is 0 Å². The number of likely N-dealkylation sites (tertiary alicyclic amines) is 1. The summed E-state index contributed by atoms with van der Waals surface area (Å²) in [5.41, 5.74) is 7.77. The Balaban J connectivity index is 1.50. The maximum atomic E-state index is 11.3. The number of benzene rings is 1. The van der Waals surface area contributed by atoms with Crippen molar-refractivity contribution in [2.45, 2.75) is 19.3 Å². The van der Waals surface area contributed by atoms with Crippen LogP contribution in [-0.2, 0) is 0 Å². The van der Waals surface area contributed by atoms with Gasteiger partial charge in [-0.1, -0.05) is 29.8 Å². The van der Waals surface area contributed by atoms with Gasteiger partial charge in [0.25, 0.3) is 0 Å². The number of nitrogens with two attached hydrogens (primary N) is 1. The van der Waals surface area contributed by atoms with Crippen LogP contribution in [0.15, 0.2) is 41.0 Å². The van der Waals surface area contributed by atoms with E-state index in [1.165, 1.54) is 0 Å². The topological polar surface area (TPSA) is 88.5 Å². The Morgan fingerprint density at radius 3 is 2.79 bits per heavy atom. The fourth-order valence-electron chi connectivity index (χ4n) is 3.72. The molecule has 29 heavy (non-hydrogen) atoms. The molecule has 0 bridgehead atoms. The fraction of sp³-hybridized carbons (Fsp3) is 0.350. The standard InChI is InChI=1S/C20H22BrClN6O/c21-15-12-25-28-18(24-8-5-13-6-9-27(10-7-13)20(23)29)11-17(26-19(15)28)14-3-1-2-4-16(14)22/h1-4,11-13,24H,5-10H2,(H2,23,29). The second-order valence-corrected chi connectivity index (χ2v) is 8.48. The summed E-state index contributed by atoms with van der Waals surface area (Å²) in [6.45, 7) is 2.28. The largest absolute Gasteiger partial charge is 0.370 e. The average Bonchev–Trinajstić information content (AvgIpc) is 3.10. The Bertz CT molecular complexity index is 1030. The molecule has 1 aromatic carbocycles. The highest BCUT2D eigenvalue weighted by molar-refractivity contribution is 9.10. The third-order valence-corrected chi connectivity index (χ3v) is 6.25. The average molecular weight is 478 g/mol. The van der Waals surface area contributed by atoms with E-state index in [0.29, 0.717) is 10.9 Å². The molecule has 0 unspecified atom stereocenters. The number of hydrogen-bond donors (Lipinski definition) is 2. The summed E-state index contributed by atoms with van der Waals surface area (Å²) in [6.07, 6.45) is 4.72. The Morgan fingerprint density at radius 2 is 2.07 bits per heavy atom. The van der Waals surface area contributed by atoms with Gasteiger partial charge in [-0.15, -0.1) is 0 Å². The van der Waals surface area contributed by atoms with E-state index >= 15 is 0 Å². The molecule has 2 amide bonds. The minimum atomic E-state index is -0.322. The molecule has 0 aliphatic carbocycles. The molecule has 1 aliphatic rings. The molecule has 1 aliphatic heterocycles. The molecule has 0 atom stereocenters. The summed E-state index contributed by atoms with van der Waals surface area (Å²) in [7, 11) is 0. The van der Waals surface area contributed by atoms with Gasteiger partial charge in [0.05, 0.1) is 16.4 Å². The molecule has 3 heterocycles. The number of rotatable bonds is 5. The van der Waals surface area contributed by atoms with Crippen LogP contribution in [0.2, 0.25) is 5.02 Å². The normalized spacial score (nSPS) is 15.0. The zero-order valence-corrected chi connectivity index (χ0v) is 18.2. The molecule has 1 fully saturated rings. The number of fused-ring (bicyclic) bond motifs is 1. The van der Waals surface area contributed by atoms with E-state index in [9.17, 15) is 4.79 Å². The van der Waals surface area contributed by atoms with Gasteiger partial charge < -0.3 is 16.0 Å². The Hall–Kier alpha value is -2.32. The van der Waals surface area contributed by atoms with E-state index in [1.54, 1.807) is 15.6 Å². The lowest BCUT2D eigenvalue weighted by Gasteiger charge is -2.30. The van der Waals surface area contributed by atoms with E-state index in [4.69, 9.17) is 22.3 Å². The van der Waals surface area contributed by atoms with Gasteiger partial charge in [-0.3, -0.25) is 0 Å². The summed E-state index contributed by atoms with van der Waals surface area (Å²) < 4.78 is 2.62. The van der Waals surface area contributed by atoms with Gasteiger partial charge in [0, 0.05) is 36.3 Å². The maximum absolute atomic E-state index is 11.3. The van der Waals surface area contributed by atoms with Gasteiger partial charge in [0.1, 0.15) is 5.82 Å². The lowest BCUT2D eigenvalue weighted by atomic mass is 9.94. The van der Waals surface area contributed by atoms with E-state index in [1.807, 2.05) is 30.3 Å². The molecule has 0 spiro atoms. The number of aromatic nitrogens is 3. The van der Waals surface area contributed by atoms with Crippen molar-refractivity contribution >= 4 is 45.0 Å². The van der Waals surface area contributed by atoms with Crippen molar-refractivity contribution < 1.29 is 4.79 Å². The number of piperidine rings is 1. The lowest BCUT2D eigenvalue weighted by Crippen LogP contribution is -2.41. The number of nitrogens with zero attached hydrogens (tertiary/aromatic N) is 4. The lowest BCUT2D eigenvalue weighted by molar-refractivity contribution is 0.177. The third kappa shape index (κ3) is 4.33. The van der Waals surface area contributed by atoms with E-state index in [2.05, 4.69) is 26.3 Å². The minimum Gasteiger partial charge on any atom is -0.370 e. The predicted molar refractivity (Wildman–Crippen MR) is 118 cm³/mol. The minimum absolute atomic E-state index is 0.322. The Kier molecular flexibility index (Phi) is 5.91. The number of halogens is 2. The zero-order valence-electron chi connectivity index (χ0n) is 15.8. The van der Waals surface area contributed by atoms with Crippen LogP contribution in [0.25, 0.3) is 16.9 Å². The number of carbonyl (C=O) groups is 1. The first kappa shape index (κ1) is 20.0. The second-order valence-electron chi connectivity index (χ2n) is 7.22. The maximum Gasteiger partial charge on any atom is 0.314 e. The van der Waals surface area contributed by atoms with Crippen molar-refractivity contribution in [2.75, 3.05) is 25.0 Å². The first-order valence-corrected chi connectivity index (χ1v) is 10.8. The van der Waals surface area contributed by atoms with Crippen LogP contribution >= 0.6 is 27.5 Å². The highest BCUT2D eigenvalue weighted by Gasteiger charge is 2.21. The molecular weight excluding hydrogens is 456 g/mol. The number of anilines is 1. The summed E-state index contributed by atoms with van der Waals surface area (Å²) in [6, 6.07) is 9.33. The quantitative estimate of drug-likeness (QED) is 0.570. The van der Waals surface area contributed by atoms with Gasteiger partial charge in [-0.2, -0.15) is 9.61 Å². The van der Waals surface area contributed by atoms with Gasteiger partial charge in [-0.05, 0) is 47.2 Å². The van der Waals surface area contributed by atoms with Crippen LogP contribution in [0, 0.1) is 5.92 Å². The molecule has 7 nitrogen and oxygen atoms in total. The van der Waals surface area contributed by atoms with Crippen molar-refractivity contribution in [3.05, 3.63) is 46.0 Å². The van der Waals surface area contributed by atoms with Crippen LogP contribution < -0.4 is 11.1 Å². The molecular formula is C20H22BrClN6O. The first-order valence-electron chi connectivity index (χ1n) is 9.60. The van der Waals surface area contributed by atoms with E-state index in [-0.39, 0.29) is 6.03 Å². The van der Waals surface area contributed by atoms with E-state index < -0.39 is 0 Å². The molecule has 3 N–H and O–H groups in total. The summed E-state index contributed by atoms with van der Waals surface area (Å²) in [5, 5.41) is 8.59. The van der Waals surface area contributed by atoms with Gasteiger partial charge in [0.2, 0.25) is 0 Å². The van der Waals surface area contributed by atoms with Gasteiger partial charge >= 0.3 is 6.03 Å². The number of hydrogen-bond acceptors (Lipinski definition) is 4. The highest BCUT2D eigenvalue weighted by Crippen LogP contribution is 2.30. The number of nitrogens with one attached hydrogen (secondary N) is 1. The highest BCUT2D eigenvalue weighted by atomic mass is 79.9. The first-order chi connectivity index (χ1) is 14.0. The van der Waals surface area contributed by atoms with Crippen molar-refractivity contribution in [1.29, 1.82) is 0 Å². The van der Waals surface area contributed by atoms with Crippen LogP contribution in [-0.4, -0.2) is 45.2 Å². The Labute approximate surface area is 182 Å². The predicted octanol–water partition coefficient (Wildman–Crippen LogP) is 4.40. The molecule has 2 aromatic heterocycles. The summed E-state index contributed by atoms with van der Waals surface area (Å²) >= 11 is 9.91. The van der Waals surface area contributed by atoms with Crippen molar-refractivity contribution in [3.63, 3.8) is 0 Å². The van der Waals surface area contributed by atoms with Crippen molar-refractivity contribution in [1.82, 2.24) is 19.5 Å². The molecule has 1 saturated heterocycles. The monoisotopic (exact) mass is 476 g/mol. The van der Waals surface area contributed by atoms with Crippen LogP contribution in [0.4, 0.5) is 10.6 Å². The molecule has 0 radical (unpaired) electrons. The number of carbonyl (C=O) groups excluding carboxylic acids is 1. The SMILES string of the molecule is NC(=O)N1CCC(CCNc2cc(-c3ccccc3Cl)nc3c(Br)cnn23)CC1. The molecule has 4 rings (SSSR count). The molecule has 152 valence electrons. The molecule has 3 aromatic rings. The Morgan fingerprint density at radius 1 is 1.31 bits per heavy atom. The third-order valence-electron chi connectivity index (χ3n) is 5.36. The molecule has 9 heteroatoms. The fourth-order valence-corrected chi connectivity index (χ4v) is 4.30. The van der Waals surface area contributed by atoms with Gasteiger partial charge in [-0.25, -0.2) is 9.78 Å². The molecule has 0 saturated carbocycles. The van der Waals surface area contributed by atoms with Gasteiger partial charge in [0.15, 0.2) is 5.65 Å². The smallest absolute Gasteiger partial charge is 0.314 e. The number of urea groups is 1. The second kappa shape index (κ2) is 8.59. The van der Waals surface area contributed by atoms with Crippen LogP contribution in [0.5, 0.6) is 0 Å². The zero-order chi connectivity index (χ0) is 20.4. The number of primary amides is 1. The van der Waals surface area contributed by atoms with Crippen molar-refractivity contribution in [3.8, 4) is 11.3 Å².